The molecule has 0 bridgehead atoms. The van der Waals surface area contributed by atoms with Crippen LogP contribution in [0.1, 0.15) is 18.1 Å². The van der Waals surface area contributed by atoms with E-state index in [1.54, 1.807) is 0 Å². The number of rotatable bonds is 5. The van der Waals surface area contributed by atoms with E-state index >= 15 is 0 Å². The first-order valence-corrected chi connectivity index (χ1v) is 7.01. The van der Waals surface area contributed by atoms with Crippen LogP contribution < -0.4 is 14.8 Å². The summed E-state index contributed by atoms with van der Waals surface area (Å²) < 4.78 is 10.7. The van der Waals surface area contributed by atoms with Gasteiger partial charge in [-0.15, -0.1) is 0 Å². The zero-order chi connectivity index (χ0) is 14.7. The first-order valence-electron chi connectivity index (χ1n) is 7.01. The van der Waals surface area contributed by atoms with Gasteiger partial charge in [0.2, 0.25) is 6.79 Å². The Balaban J connectivity index is 1.73. The largest absolute Gasteiger partial charge is 0.454 e. The van der Waals surface area contributed by atoms with Crippen LogP contribution in [-0.4, -0.2) is 18.5 Å². The Morgan fingerprint density at radius 1 is 1.10 bits per heavy atom. The third kappa shape index (κ3) is 2.86. The van der Waals surface area contributed by atoms with Crippen LogP contribution in [0.25, 0.3) is 0 Å². The lowest BCUT2D eigenvalue weighted by molar-refractivity contribution is 0.172. The van der Waals surface area contributed by atoms with E-state index in [0.717, 1.165) is 22.6 Å². The highest BCUT2D eigenvalue weighted by Crippen LogP contribution is 2.32. The molecule has 0 saturated heterocycles. The average molecular weight is 285 g/mol. The quantitative estimate of drug-likeness (QED) is 0.886. The maximum atomic E-state index is 9.76. The lowest BCUT2D eigenvalue weighted by Crippen LogP contribution is -2.42. The number of hydrogen-bond acceptors (Lipinski definition) is 4. The van der Waals surface area contributed by atoms with Crippen molar-refractivity contribution in [1.82, 2.24) is 5.32 Å². The van der Waals surface area contributed by atoms with Crippen LogP contribution in [0, 0.1) is 0 Å². The molecular weight excluding hydrogens is 266 g/mol. The van der Waals surface area contributed by atoms with Crippen molar-refractivity contribution >= 4 is 0 Å². The highest BCUT2D eigenvalue weighted by atomic mass is 16.7. The number of nitrogens with one attached hydrogen (secondary N) is 1. The molecule has 1 aliphatic heterocycles. The van der Waals surface area contributed by atoms with Gasteiger partial charge in [0.15, 0.2) is 11.5 Å². The van der Waals surface area contributed by atoms with E-state index in [2.05, 4.69) is 5.32 Å². The van der Waals surface area contributed by atoms with Gasteiger partial charge in [0, 0.05) is 6.54 Å². The van der Waals surface area contributed by atoms with Gasteiger partial charge in [0.05, 0.1) is 12.1 Å². The number of fused-ring (bicyclic) bond motifs is 1. The number of hydrogen-bond donors (Lipinski definition) is 2. The van der Waals surface area contributed by atoms with Gasteiger partial charge in [-0.05, 0) is 30.2 Å². The van der Waals surface area contributed by atoms with Gasteiger partial charge in [0.1, 0.15) is 0 Å². The smallest absolute Gasteiger partial charge is 0.231 e. The van der Waals surface area contributed by atoms with Crippen LogP contribution in [0.5, 0.6) is 11.5 Å². The van der Waals surface area contributed by atoms with Crippen molar-refractivity contribution in [3.63, 3.8) is 0 Å². The molecule has 21 heavy (non-hydrogen) atoms. The van der Waals surface area contributed by atoms with Crippen molar-refractivity contribution in [1.29, 1.82) is 0 Å². The molecule has 2 aromatic carbocycles. The van der Waals surface area contributed by atoms with Crippen molar-refractivity contribution in [3.8, 4) is 11.5 Å². The minimum atomic E-state index is -0.475. The number of ether oxygens (including phenoxy) is 2. The molecule has 3 rings (SSSR count). The molecule has 2 N–H and O–H groups in total. The summed E-state index contributed by atoms with van der Waals surface area (Å²) in [6, 6.07) is 15.8. The van der Waals surface area contributed by atoms with Crippen LogP contribution in [0.3, 0.4) is 0 Å². The zero-order valence-corrected chi connectivity index (χ0v) is 12.0. The van der Waals surface area contributed by atoms with Crippen molar-refractivity contribution in [2.24, 2.45) is 0 Å². The molecule has 0 aromatic heterocycles. The molecule has 1 heterocycles. The number of aliphatic hydroxyl groups is 1. The van der Waals surface area contributed by atoms with E-state index in [4.69, 9.17) is 9.47 Å². The van der Waals surface area contributed by atoms with Gasteiger partial charge in [-0.2, -0.15) is 0 Å². The summed E-state index contributed by atoms with van der Waals surface area (Å²) in [5.41, 5.74) is 1.68. The highest BCUT2D eigenvalue weighted by molar-refractivity contribution is 5.44. The maximum absolute atomic E-state index is 9.76. The van der Waals surface area contributed by atoms with Gasteiger partial charge in [-0.25, -0.2) is 0 Å². The Bertz CT molecular complexity index is 615. The molecule has 110 valence electrons. The Hall–Kier alpha value is -2.04. The molecule has 4 heteroatoms. The number of benzene rings is 2. The standard InChI is InChI=1S/C17H19NO3/c1-17(11-19,14-5-3-2-4-6-14)18-10-13-7-8-15-16(9-13)21-12-20-15/h2-9,18-19H,10-12H2,1H3. The molecule has 1 unspecified atom stereocenters. The topological polar surface area (TPSA) is 50.7 Å². The molecule has 2 aromatic rings. The fraction of sp³-hybridized carbons (Fsp3) is 0.294. The van der Waals surface area contributed by atoms with E-state index in [1.807, 2.05) is 55.5 Å². The average Bonchev–Trinajstić information content (AvgIpc) is 3.01. The molecule has 0 aliphatic carbocycles. The molecule has 0 spiro atoms. The Labute approximate surface area is 124 Å². The van der Waals surface area contributed by atoms with Crippen LogP contribution in [0.2, 0.25) is 0 Å². The van der Waals surface area contributed by atoms with Crippen LogP contribution in [0.15, 0.2) is 48.5 Å². The van der Waals surface area contributed by atoms with Crippen molar-refractivity contribution < 1.29 is 14.6 Å². The Morgan fingerprint density at radius 2 is 1.86 bits per heavy atom. The fourth-order valence-electron chi connectivity index (χ4n) is 2.40. The van der Waals surface area contributed by atoms with Gasteiger partial charge in [0.25, 0.3) is 0 Å². The molecule has 0 amide bonds. The van der Waals surface area contributed by atoms with Crippen LogP contribution in [0.4, 0.5) is 0 Å². The molecule has 0 fully saturated rings. The second-order valence-corrected chi connectivity index (χ2v) is 5.40. The van der Waals surface area contributed by atoms with Crippen LogP contribution >= 0.6 is 0 Å². The first-order chi connectivity index (χ1) is 10.2. The second-order valence-electron chi connectivity index (χ2n) is 5.40. The molecule has 1 aliphatic rings. The first kappa shape index (κ1) is 13.9. The third-order valence-corrected chi connectivity index (χ3v) is 3.85. The lowest BCUT2D eigenvalue weighted by atomic mass is 9.92. The second kappa shape index (κ2) is 5.76. The van der Waals surface area contributed by atoms with Crippen molar-refractivity contribution in [3.05, 3.63) is 59.7 Å². The summed E-state index contributed by atoms with van der Waals surface area (Å²) >= 11 is 0. The van der Waals surface area contributed by atoms with Crippen molar-refractivity contribution in [2.75, 3.05) is 13.4 Å². The normalized spacial score (nSPS) is 15.7. The summed E-state index contributed by atoms with van der Waals surface area (Å²) in [6.45, 7) is 2.95. The predicted molar refractivity (Wildman–Crippen MR) is 80.3 cm³/mol. The molecular formula is C17H19NO3. The monoisotopic (exact) mass is 285 g/mol. The summed E-state index contributed by atoms with van der Waals surface area (Å²) in [5.74, 6) is 1.56. The summed E-state index contributed by atoms with van der Waals surface area (Å²) in [6.07, 6.45) is 0. The van der Waals surface area contributed by atoms with Crippen molar-refractivity contribution in [2.45, 2.75) is 19.0 Å². The fourth-order valence-corrected chi connectivity index (χ4v) is 2.40. The molecule has 4 nitrogen and oxygen atoms in total. The van der Waals surface area contributed by atoms with Crippen LogP contribution in [-0.2, 0) is 12.1 Å². The van der Waals surface area contributed by atoms with Gasteiger partial charge in [-0.1, -0.05) is 36.4 Å². The van der Waals surface area contributed by atoms with Gasteiger partial charge in [-0.3, -0.25) is 0 Å². The van der Waals surface area contributed by atoms with E-state index < -0.39 is 5.54 Å². The molecule has 1 atom stereocenters. The number of aliphatic hydroxyl groups excluding tert-OH is 1. The summed E-state index contributed by atoms with van der Waals surface area (Å²) in [5, 5.41) is 13.2. The molecule has 0 radical (unpaired) electrons. The SMILES string of the molecule is CC(CO)(NCc1ccc2c(c1)OCO2)c1ccccc1. The van der Waals surface area contributed by atoms with E-state index in [1.165, 1.54) is 0 Å². The zero-order valence-electron chi connectivity index (χ0n) is 12.0. The van der Waals surface area contributed by atoms with Gasteiger partial charge < -0.3 is 19.9 Å². The maximum Gasteiger partial charge on any atom is 0.231 e. The highest BCUT2D eigenvalue weighted by Gasteiger charge is 2.25. The van der Waals surface area contributed by atoms with E-state index in [0.29, 0.717) is 6.54 Å². The van der Waals surface area contributed by atoms with E-state index in [-0.39, 0.29) is 13.4 Å². The lowest BCUT2D eigenvalue weighted by Gasteiger charge is -2.29. The van der Waals surface area contributed by atoms with E-state index in [9.17, 15) is 5.11 Å². The predicted octanol–water partition coefficient (Wildman–Crippen LogP) is 2.41. The Morgan fingerprint density at radius 3 is 2.62 bits per heavy atom. The Kier molecular flexibility index (Phi) is 3.82. The summed E-state index contributed by atoms with van der Waals surface area (Å²) in [4.78, 5) is 0. The minimum Gasteiger partial charge on any atom is -0.454 e. The summed E-state index contributed by atoms with van der Waals surface area (Å²) in [7, 11) is 0. The molecule has 0 saturated carbocycles. The van der Waals surface area contributed by atoms with Gasteiger partial charge >= 0.3 is 0 Å². The third-order valence-electron chi connectivity index (χ3n) is 3.85. The minimum absolute atomic E-state index is 0.0293.